The predicted molar refractivity (Wildman–Crippen MR) is 96.3 cm³/mol. The third-order valence-electron chi connectivity index (χ3n) is 3.64. The van der Waals surface area contributed by atoms with Crippen molar-refractivity contribution in [1.29, 1.82) is 0 Å². The van der Waals surface area contributed by atoms with Gasteiger partial charge in [-0.2, -0.15) is 0 Å². The first-order chi connectivity index (χ1) is 12.0. The molecule has 0 bridgehead atoms. The molecule has 0 N–H and O–H groups in total. The summed E-state index contributed by atoms with van der Waals surface area (Å²) in [5, 5.41) is 0.378. The Morgan fingerprint density at radius 3 is 2.64 bits per heavy atom. The molecule has 0 spiro atoms. The molecule has 1 aliphatic heterocycles. The largest absolute Gasteiger partial charge is 0.493 e. The van der Waals surface area contributed by atoms with Crippen molar-refractivity contribution in [2.75, 3.05) is 14.2 Å². The van der Waals surface area contributed by atoms with Gasteiger partial charge in [0.15, 0.2) is 17.2 Å². The minimum absolute atomic E-state index is 0.194. The van der Waals surface area contributed by atoms with Crippen LogP contribution in [0.25, 0.3) is 6.08 Å². The maximum absolute atomic E-state index is 12.1. The van der Waals surface area contributed by atoms with E-state index in [-0.39, 0.29) is 11.6 Å². The maximum Gasteiger partial charge on any atom is 0.363 e. The standard InChI is InChI=1S/C19H16ClNO4/c1-11-5-4-6-13(7-11)18-21-15(19(22)25-18)9-12-8-14(20)17(24-3)16(10-12)23-2/h4-10H,1-3H3/b15-9-. The van der Waals surface area contributed by atoms with E-state index in [1.807, 2.05) is 31.2 Å². The van der Waals surface area contributed by atoms with E-state index >= 15 is 0 Å². The fourth-order valence-corrected chi connectivity index (χ4v) is 2.79. The molecule has 0 fully saturated rings. The number of aliphatic imine (C=N–C) groups is 1. The molecular formula is C19H16ClNO4. The summed E-state index contributed by atoms with van der Waals surface area (Å²) in [6.45, 7) is 1.96. The van der Waals surface area contributed by atoms with E-state index in [0.717, 1.165) is 11.1 Å². The topological polar surface area (TPSA) is 57.1 Å². The van der Waals surface area contributed by atoms with Gasteiger partial charge in [0.25, 0.3) is 0 Å². The highest BCUT2D eigenvalue weighted by atomic mass is 35.5. The van der Waals surface area contributed by atoms with Gasteiger partial charge in [-0.15, -0.1) is 0 Å². The molecule has 0 atom stereocenters. The van der Waals surface area contributed by atoms with Crippen LogP contribution in [0.5, 0.6) is 11.5 Å². The smallest absolute Gasteiger partial charge is 0.363 e. The summed E-state index contributed by atoms with van der Waals surface area (Å²) in [4.78, 5) is 16.4. The van der Waals surface area contributed by atoms with E-state index in [0.29, 0.717) is 22.1 Å². The molecule has 6 heteroatoms. The van der Waals surface area contributed by atoms with E-state index in [9.17, 15) is 4.79 Å². The summed E-state index contributed by atoms with van der Waals surface area (Å²) in [5.41, 5.74) is 2.66. The summed E-state index contributed by atoms with van der Waals surface area (Å²) < 4.78 is 15.7. The van der Waals surface area contributed by atoms with E-state index in [2.05, 4.69) is 4.99 Å². The lowest BCUT2D eigenvalue weighted by Crippen LogP contribution is -2.05. The van der Waals surface area contributed by atoms with Crippen molar-refractivity contribution in [2.24, 2.45) is 4.99 Å². The van der Waals surface area contributed by atoms with Crippen LogP contribution in [0.4, 0.5) is 0 Å². The number of hydrogen-bond acceptors (Lipinski definition) is 5. The van der Waals surface area contributed by atoms with Gasteiger partial charge in [-0.05, 0) is 42.8 Å². The van der Waals surface area contributed by atoms with Gasteiger partial charge in [-0.1, -0.05) is 29.3 Å². The van der Waals surface area contributed by atoms with Crippen molar-refractivity contribution in [3.05, 3.63) is 63.8 Å². The Morgan fingerprint density at radius 2 is 1.96 bits per heavy atom. The summed E-state index contributed by atoms with van der Waals surface area (Å²) >= 11 is 6.19. The first-order valence-corrected chi connectivity index (χ1v) is 7.90. The first-order valence-electron chi connectivity index (χ1n) is 7.53. The summed E-state index contributed by atoms with van der Waals surface area (Å²) in [7, 11) is 3.03. The molecule has 128 valence electrons. The number of ether oxygens (including phenoxy) is 3. The highest BCUT2D eigenvalue weighted by Crippen LogP contribution is 2.36. The molecule has 0 aromatic heterocycles. The summed E-state index contributed by atoms with van der Waals surface area (Å²) in [6.07, 6.45) is 1.60. The second kappa shape index (κ2) is 6.99. The van der Waals surface area contributed by atoms with Gasteiger partial charge in [0.05, 0.1) is 19.2 Å². The lowest BCUT2D eigenvalue weighted by molar-refractivity contribution is -0.129. The van der Waals surface area contributed by atoms with Gasteiger partial charge in [-0.3, -0.25) is 0 Å². The molecule has 1 aliphatic rings. The first kappa shape index (κ1) is 17.0. The van der Waals surface area contributed by atoms with E-state index in [4.69, 9.17) is 25.8 Å². The van der Waals surface area contributed by atoms with Crippen LogP contribution in [-0.2, 0) is 9.53 Å². The average Bonchev–Trinajstić information content (AvgIpc) is 2.95. The molecule has 5 nitrogen and oxygen atoms in total. The molecule has 0 amide bonds. The molecule has 25 heavy (non-hydrogen) atoms. The van der Waals surface area contributed by atoms with Gasteiger partial charge in [-0.25, -0.2) is 9.79 Å². The molecule has 3 rings (SSSR count). The lowest BCUT2D eigenvalue weighted by Gasteiger charge is -2.10. The number of nitrogens with zero attached hydrogens (tertiary/aromatic N) is 1. The number of cyclic esters (lactones) is 1. The van der Waals surface area contributed by atoms with E-state index < -0.39 is 5.97 Å². The monoisotopic (exact) mass is 357 g/mol. The van der Waals surface area contributed by atoms with Crippen molar-refractivity contribution in [3.63, 3.8) is 0 Å². The average molecular weight is 358 g/mol. The van der Waals surface area contributed by atoms with Crippen molar-refractivity contribution in [2.45, 2.75) is 6.92 Å². The van der Waals surface area contributed by atoms with E-state index in [1.165, 1.54) is 14.2 Å². The fraction of sp³-hybridized carbons (Fsp3) is 0.158. The number of carbonyl (C=O) groups excluding carboxylic acids is 1. The number of aryl methyl sites for hydroxylation is 1. The second-order valence-electron chi connectivity index (χ2n) is 5.44. The van der Waals surface area contributed by atoms with Crippen LogP contribution in [0.3, 0.4) is 0 Å². The van der Waals surface area contributed by atoms with Crippen molar-refractivity contribution in [3.8, 4) is 11.5 Å². The zero-order chi connectivity index (χ0) is 18.0. The van der Waals surface area contributed by atoms with Gasteiger partial charge in [0.1, 0.15) is 0 Å². The Balaban J connectivity index is 1.98. The number of benzene rings is 2. The molecule has 0 unspecified atom stereocenters. The minimum atomic E-state index is -0.512. The third-order valence-corrected chi connectivity index (χ3v) is 3.93. The van der Waals surface area contributed by atoms with Crippen LogP contribution in [0.2, 0.25) is 5.02 Å². The van der Waals surface area contributed by atoms with Gasteiger partial charge >= 0.3 is 5.97 Å². The molecule has 0 aliphatic carbocycles. The number of esters is 1. The molecular weight excluding hydrogens is 342 g/mol. The Labute approximate surface area is 150 Å². The van der Waals surface area contributed by atoms with Crippen LogP contribution in [0.1, 0.15) is 16.7 Å². The molecule has 2 aromatic rings. The van der Waals surface area contributed by atoms with Crippen molar-refractivity contribution >= 4 is 29.5 Å². The van der Waals surface area contributed by atoms with Crippen LogP contribution >= 0.6 is 11.6 Å². The Kier molecular flexibility index (Phi) is 4.76. The number of methoxy groups -OCH3 is 2. The summed E-state index contributed by atoms with van der Waals surface area (Å²) in [6, 6.07) is 11.0. The van der Waals surface area contributed by atoms with Gasteiger partial charge in [0.2, 0.25) is 5.90 Å². The zero-order valence-electron chi connectivity index (χ0n) is 14.0. The Morgan fingerprint density at radius 1 is 1.16 bits per heavy atom. The van der Waals surface area contributed by atoms with Crippen molar-refractivity contribution in [1.82, 2.24) is 0 Å². The Bertz CT molecular complexity index is 902. The molecule has 1 heterocycles. The van der Waals surface area contributed by atoms with Crippen LogP contribution in [0.15, 0.2) is 47.1 Å². The summed E-state index contributed by atoms with van der Waals surface area (Å²) in [5.74, 6) is 0.675. The van der Waals surface area contributed by atoms with Crippen molar-refractivity contribution < 1.29 is 19.0 Å². The second-order valence-corrected chi connectivity index (χ2v) is 5.85. The fourth-order valence-electron chi connectivity index (χ4n) is 2.49. The van der Waals surface area contributed by atoms with E-state index in [1.54, 1.807) is 18.2 Å². The maximum atomic E-state index is 12.1. The number of hydrogen-bond donors (Lipinski definition) is 0. The normalized spacial score (nSPS) is 15.1. The SMILES string of the molecule is COc1cc(/C=C2\N=C(c3cccc(C)c3)OC2=O)cc(Cl)c1OC. The Hall–Kier alpha value is -2.79. The number of halogens is 1. The molecule has 0 saturated carbocycles. The quantitative estimate of drug-likeness (QED) is 0.612. The molecule has 0 saturated heterocycles. The number of carbonyl (C=O) groups is 1. The molecule has 0 radical (unpaired) electrons. The highest BCUT2D eigenvalue weighted by Gasteiger charge is 2.24. The predicted octanol–water partition coefficient (Wildman–Crippen LogP) is 4.01. The van der Waals surface area contributed by atoms with Crippen LogP contribution in [0, 0.1) is 6.92 Å². The molecule has 2 aromatic carbocycles. The van der Waals surface area contributed by atoms with Crippen LogP contribution in [-0.4, -0.2) is 26.1 Å². The van der Waals surface area contributed by atoms with Gasteiger partial charge < -0.3 is 14.2 Å². The third kappa shape index (κ3) is 3.51. The minimum Gasteiger partial charge on any atom is -0.493 e. The highest BCUT2D eigenvalue weighted by molar-refractivity contribution is 6.32. The number of rotatable bonds is 4. The van der Waals surface area contributed by atoms with Crippen LogP contribution < -0.4 is 9.47 Å². The zero-order valence-corrected chi connectivity index (χ0v) is 14.8. The lowest BCUT2D eigenvalue weighted by atomic mass is 10.1. The van der Waals surface area contributed by atoms with Gasteiger partial charge in [0, 0.05) is 5.56 Å².